The maximum atomic E-state index is 3.70. The van der Waals surface area contributed by atoms with Crippen molar-refractivity contribution in [3.63, 3.8) is 0 Å². The third-order valence-electron chi connectivity index (χ3n) is 4.04. The van der Waals surface area contributed by atoms with Crippen molar-refractivity contribution < 1.29 is 0 Å². The summed E-state index contributed by atoms with van der Waals surface area (Å²) >= 11 is 0. The predicted molar refractivity (Wildman–Crippen MR) is 88.6 cm³/mol. The zero-order chi connectivity index (χ0) is 14.8. The third-order valence-corrected chi connectivity index (χ3v) is 4.04. The lowest BCUT2D eigenvalue weighted by Crippen LogP contribution is -2.48. The van der Waals surface area contributed by atoms with E-state index in [9.17, 15) is 0 Å². The zero-order valence-electron chi connectivity index (χ0n) is 13.7. The first-order valence-corrected chi connectivity index (χ1v) is 7.98. The second-order valence-electron chi connectivity index (χ2n) is 7.37. The molecule has 1 aromatic rings. The van der Waals surface area contributed by atoms with Crippen LogP contribution in [0.25, 0.3) is 0 Å². The molecule has 2 rings (SSSR count). The molecule has 0 radical (unpaired) electrons. The van der Waals surface area contributed by atoms with E-state index in [-0.39, 0.29) is 5.41 Å². The number of nitrogens with one attached hydrogen (secondary N) is 1. The summed E-state index contributed by atoms with van der Waals surface area (Å²) < 4.78 is 0. The van der Waals surface area contributed by atoms with Gasteiger partial charge in [0.05, 0.1) is 0 Å². The van der Waals surface area contributed by atoms with E-state index in [1.165, 1.54) is 30.6 Å². The predicted octanol–water partition coefficient (Wildman–Crippen LogP) is 3.95. The quantitative estimate of drug-likeness (QED) is 0.898. The molecule has 1 aliphatic rings. The van der Waals surface area contributed by atoms with Crippen LogP contribution in [0.4, 0.5) is 5.69 Å². The third kappa shape index (κ3) is 3.76. The first-order chi connectivity index (χ1) is 9.38. The van der Waals surface area contributed by atoms with Gasteiger partial charge in [-0.1, -0.05) is 52.8 Å². The second kappa shape index (κ2) is 6.17. The Labute approximate surface area is 124 Å². The highest BCUT2D eigenvalue weighted by molar-refractivity contribution is 5.56. The minimum Gasteiger partial charge on any atom is -0.370 e. The molecule has 1 saturated heterocycles. The Morgan fingerprint density at radius 1 is 1.20 bits per heavy atom. The minimum absolute atomic E-state index is 0.203. The maximum absolute atomic E-state index is 3.70. The van der Waals surface area contributed by atoms with Gasteiger partial charge in [0, 0.05) is 30.9 Å². The smallest absolute Gasteiger partial charge is 0.0404 e. The molecule has 1 heterocycles. The average Bonchev–Trinajstić information content (AvgIpc) is 2.37. The van der Waals surface area contributed by atoms with Gasteiger partial charge in [-0.2, -0.15) is 0 Å². The monoisotopic (exact) mass is 274 g/mol. The van der Waals surface area contributed by atoms with Crippen LogP contribution in [0.5, 0.6) is 0 Å². The largest absolute Gasteiger partial charge is 0.370 e. The minimum atomic E-state index is 0.203. The molecule has 2 nitrogen and oxygen atoms in total. The highest BCUT2D eigenvalue weighted by atomic mass is 15.2. The van der Waals surface area contributed by atoms with E-state index in [1.54, 1.807) is 0 Å². The lowest BCUT2D eigenvalue weighted by Gasteiger charge is -2.38. The van der Waals surface area contributed by atoms with E-state index in [0.717, 1.165) is 6.54 Å². The number of benzene rings is 1. The fraction of sp³-hybridized carbons (Fsp3) is 0.667. The topological polar surface area (TPSA) is 15.3 Å². The van der Waals surface area contributed by atoms with Crippen molar-refractivity contribution in [2.45, 2.75) is 65.0 Å². The fourth-order valence-corrected chi connectivity index (χ4v) is 3.19. The molecule has 0 spiro atoms. The highest BCUT2D eigenvalue weighted by Crippen LogP contribution is 2.33. The molecule has 0 amide bonds. The average molecular weight is 274 g/mol. The van der Waals surface area contributed by atoms with Crippen molar-refractivity contribution in [1.29, 1.82) is 0 Å². The van der Waals surface area contributed by atoms with Gasteiger partial charge in [0.25, 0.3) is 0 Å². The lowest BCUT2D eigenvalue weighted by atomic mass is 9.85. The Bertz CT molecular complexity index is 431. The first-order valence-electron chi connectivity index (χ1n) is 7.98. The molecule has 112 valence electrons. The highest BCUT2D eigenvalue weighted by Gasteiger charge is 2.25. The van der Waals surface area contributed by atoms with E-state index < -0.39 is 0 Å². The number of hydrogen-bond acceptors (Lipinski definition) is 2. The van der Waals surface area contributed by atoms with E-state index >= 15 is 0 Å². The molecular formula is C18H30N2. The fourth-order valence-electron chi connectivity index (χ4n) is 3.19. The van der Waals surface area contributed by atoms with Crippen LogP contribution >= 0.6 is 0 Å². The van der Waals surface area contributed by atoms with Gasteiger partial charge in [-0.15, -0.1) is 0 Å². The van der Waals surface area contributed by atoms with E-state index in [4.69, 9.17) is 0 Å². The van der Waals surface area contributed by atoms with Crippen LogP contribution in [0.15, 0.2) is 24.3 Å². The normalized spacial score (nSPS) is 20.5. The molecular weight excluding hydrogens is 244 g/mol. The van der Waals surface area contributed by atoms with Crippen LogP contribution in [0.2, 0.25) is 0 Å². The van der Waals surface area contributed by atoms with Crippen molar-refractivity contribution in [2.24, 2.45) is 0 Å². The summed E-state index contributed by atoms with van der Waals surface area (Å²) in [6, 6.07) is 10.1. The molecule has 2 heteroatoms. The van der Waals surface area contributed by atoms with Crippen molar-refractivity contribution in [3.05, 3.63) is 29.8 Å². The van der Waals surface area contributed by atoms with Crippen molar-refractivity contribution in [3.8, 4) is 0 Å². The Morgan fingerprint density at radius 3 is 2.55 bits per heavy atom. The lowest BCUT2D eigenvalue weighted by molar-refractivity contribution is 0.393. The van der Waals surface area contributed by atoms with Gasteiger partial charge in [-0.05, 0) is 29.9 Å². The van der Waals surface area contributed by atoms with E-state index in [0.29, 0.717) is 12.1 Å². The summed E-state index contributed by atoms with van der Waals surface area (Å²) in [6.07, 6.45) is 2.58. The zero-order valence-corrected chi connectivity index (χ0v) is 13.7. The maximum Gasteiger partial charge on any atom is 0.0404 e. The van der Waals surface area contributed by atoms with Crippen LogP contribution in [0, 0.1) is 0 Å². The van der Waals surface area contributed by atoms with Crippen LogP contribution in [0.3, 0.4) is 0 Å². The molecule has 0 saturated carbocycles. The first kappa shape index (κ1) is 15.4. The Kier molecular flexibility index (Phi) is 4.74. The molecule has 1 aliphatic heterocycles. The SMILES string of the molecule is CC(C)NC1CCCN(c2ccccc2C(C)(C)C)C1. The number of para-hydroxylation sites is 1. The summed E-state index contributed by atoms with van der Waals surface area (Å²) in [5, 5.41) is 3.70. The summed E-state index contributed by atoms with van der Waals surface area (Å²) in [5.41, 5.74) is 3.09. The number of nitrogens with zero attached hydrogens (tertiary/aromatic N) is 1. The summed E-state index contributed by atoms with van der Waals surface area (Å²) in [7, 11) is 0. The molecule has 0 aliphatic carbocycles. The number of piperidine rings is 1. The van der Waals surface area contributed by atoms with Crippen molar-refractivity contribution >= 4 is 5.69 Å². The van der Waals surface area contributed by atoms with Crippen LogP contribution < -0.4 is 10.2 Å². The van der Waals surface area contributed by atoms with Crippen LogP contribution in [-0.2, 0) is 5.41 Å². The molecule has 0 bridgehead atoms. The van der Waals surface area contributed by atoms with Crippen LogP contribution in [-0.4, -0.2) is 25.2 Å². The van der Waals surface area contributed by atoms with Gasteiger partial charge in [-0.3, -0.25) is 0 Å². The number of anilines is 1. The van der Waals surface area contributed by atoms with Gasteiger partial charge in [-0.25, -0.2) is 0 Å². The van der Waals surface area contributed by atoms with Crippen molar-refractivity contribution in [2.75, 3.05) is 18.0 Å². The van der Waals surface area contributed by atoms with Gasteiger partial charge < -0.3 is 10.2 Å². The van der Waals surface area contributed by atoms with E-state index in [2.05, 4.69) is 69.1 Å². The molecule has 1 fully saturated rings. The Balaban J connectivity index is 2.19. The molecule has 1 atom stereocenters. The molecule has 1 unspecified atom stereocenters. The van der Waals surface area contributed by atoms with Crippen LogP contribution in [0.1, 0.15) is 53.0 Å². The Morgan fingerprint density at radius 2 is 1.90 bits per heavy atom. The molecule has 1 N–H and O–H groups in total. The second-order valence-corrected chi connectivity index (χ2v) is 7.37. The van der Waals surface area contributed by atoms with Gasteiger partial charge >= 0.3 is 0 Å². The Hall–Kier alpha value is -1.02. The van der Waals surface area contributed by atoms with Gasteiger partial charge in [0.1, 0.15) is 0 Å². The molecule has 0 aromatic heterocycles. The standard InChI is InChI=1S/C18H30N2/c1-14(2)19-15-9-8-12-20(13-15)17-11-7-6-10-16(17)18(3,4)5/h6-7,10-11,14-15,19H,8-9,12-13H2,1-5H3. The summed E-state index contributed by atoms with van der Waals surface area (Å²) in [4.78, 5) is 2.57. The van der Waals surface area contributed by atoms with Crippen molar-refractivity contribution in [1.82, 2.24) is 5.32 Å². The summed E-state index contributed by atoms with van der Waals surface area (Å²) in [6.45, 7) is 13.7. The van der Waals surface area contributed by atoms with Gasteiger partial charge in [0.2, 0.25) is 0 Å². The van der Waals surface area contributed by atoms with Gasteiger partial charge in [0.15, 0.2) is 0 Å². The molecule has 1 aromatic carbocycles. The number of hydrogen-bond donors (Lipinski definition) is 1. The summed E-state index contributed by atoms with van der Waals surface area (Å²) in [5.74, 6) is 0. The number of rotatable bonds is 3. The molecule has 20 heavy (non-hydrogen) atoms. The van der Waals surface area contributed by atoms with E-state index in [1.807, 2.05) is 0 Å².